The lowest BCUT2D eigenvalue weighted by Crippen LogP contribution is -2.44. The zero-order valence-electron chi connectivity index (χ0n) is 27.8. The minimum absolute atomic E-state index is 0.126. The molecule has 0 bridgehead atoms. The van der Waals surface area contributed by atoms with Crippen LogP contribution in [0.4, 0.5) is 11.4 Å². The van der Waals surface area contributed by atoms with Gasteiger partial charge in [0.25, 0.3) is 5.91 Å². The van der Waals surface area contributed by atoms with E-state index in [-0.39, 0.29) is 22.8 Å². The average molecular weight is 643 g/mol. The highest BCUT2D eigenvalue weighted by Crippen LogP contribution is 2.58. The van der Waals surface area contributed by atoms with Crippen molar-refractivity contribution < 1.29 is 19.1 Å². The van der Waals surface area contributed by atoms with Gasteiger partial charge in [-0.05, 0) is 70.5 Å². The summed E-state index contributed by atoms with van der Waals surface area (Å²) in [7, 11) is 0. The first-order valence-corrected chi connectivity index (χ1v) is 16.5. The maximum absolute atomic E-state index is 14.5. The monoisotopic (exact) mass is 642 g/mol. The fraction of sp³-hybridized carbons (Fsp3) is 0.256. The predicted molar refractivity (Wildman–Crippen MR) is 189 cm³/mol. The third kappa shape index (κ3) is 4.56. The molecule has 2 aliphatic heterocycles. The van der Waals surface area contributed by atoms with Crippen molar-refractivity contribution in [2.75, 3.05) is 36.0 Å². The summed E-state index contributed by atoms with van der Waals surface area (Å²) in [5.41, 5.74) is 4.20. The molecule has 5 aromatic rings. The number of anilines is 2. The molecule has 0 unspecified atom stereocenters. The fourth-order valence-electron chi connectivity index (χ4n) is 7.28. The van der Waals surface area contributed by atoms with Crippen LogP contribution >= 0.6 is 0 Å². The van der Waals surface area contributed by atoms with Gasteiger partial charge < -0.3 is 24.1 Å². The summed E-state index contributed by atoms with van der Waals surface area (Å²) >= 11 is 0. The van der Waals surface area contributed by atoms with Gasteiger partial charge in [-0.3, -0.25) is 4.79 Å². The largest absolute Gasteiger partial charge is 0.507 e. The van der Waals surface area contributed by atoms with Gasteiger partial charge in [0.2, 0.25) is 0 Å². The standard InChI is InChI=1S/C39H38N4O5/c1-6-41(7-2)25-14-17-31-34(21-25)47-35-22-26(42(8-3)9-4)15-18-32(35)39(31)30-13-11-10-12-28(30)38(46)43(39)40-23-29-33(44)19-16-27-24(5)20-36(45)48-37(27)29/h10-23,44H,6-9H2,1-5H3/b40-23+. The van der Waals surface area contributed by atoms with Gasteiger partial charge in [0.1, 0.15) is 22.8 Å². The fourth-order valence-corrected chi connectivity index (χ4v) is 7.28. The van der Waals surface area contributed by atoms with E-state index in [0.717, 1.165) is 54.2 Å². The first kappa shape index (κ1) is 31.1. The van der Waals surface area contributed by atoms with E-state index in [2.05, 4.69) is 49.6 Å². The number of amides is 1. The van der Waals surface area contributed by atoms with Crippen LogP contribution in [0.3, 0.4) is 0 Å². The number of hydrogen-bond acceptors (Lipinski definition) is 8. The molecule has 48 heavy (non-hydrogen) atoms. The number of nitrogens with zero attached hydrogens (tertiary/aromatic N) is 4. The Morgan fingerprint density at radius 3 is 2.00 bits per heavy atom. The molecular weight excluding hydrogens is 604 g/mol. The van der Waals surface area contributed by atoms with Crippen LogP contribution < -0.4 is 20.2 Å². The summed E-state index contributed by atoms with van der Waals surface area (Å²) in [6.07, 6.45) is 1.41. The highest BCUT2D eigenvalue weighted by Gasteiger charge is 2.57. The van der Waals surface area contributed by atoms with Gasteiger partial charge in [-0.1, -0.05) is 30.3 Å². The minimum atomic E-state index is -1.20. The Morgan fingerprint density at radius 1 is 0.792 bits per heavy atom. The second kappa shape index (κ2) is 11.9. The van der Waals surface area contributed by atoms with E-state index >= 15 is 0 Å². The molecule has 0 saturated heterocycles. The molecule has 7 rings (SSSR count). The van der Waals surface area contributed by atoms with Gasteiger partial charge in [-0.2, -0.15) is 5.10 Å². The summed E-state index contributed by atoms with van der Waals surface area (Å²) in [6.45, 7) is 13.6. The van der Waals surface area contributed by atoms with Crippen molar-refractivity contribution in [1.82, 2.24) is 5.01 Å². The van der Waals surface area contributed by atoms with Crippen LogP contribution in [0.1, 0.15) is 65.9 Å². The van der Waals surface area contributed by atoms with E-state index < -0.39 is 11.2 Å². The van der Waals surface area contributed by atoms with Crippen LogP contribution in [0.5, 0.6) is 17.2 Å². The number of carbonyl (C=O) groups is 1. The van der Waals surface area contributed by atoms with Crippen molar-refractivity contribution in [3.05, 3.63) is 123 Å². The SMILES string of the molecule is CCN(CC)c1ccc2c(c1)Oc1cc(N(CC)CC)ccc1C21c2ccccc2C(=O)N1/N=C/c1c(O)ccc2c(C)cc(=O)oc12. The van der Waals surface area contributed by atoms with Crippen LogP contribution in [0, 0.1) is 6.92 Å². The van der Waals surface area contributed by atoms with Crippen molar-refractivity contribution in [3.8, 4) is 17.2 Å². The number of aromatic hydroxyl groups is 1. The number of rotatable bonds is 8. The molecule has 1 aromatic heterocycles. The molecule has 4 aromatic carbocycles. The lowest BCUT2D eigenvalue weighted by atomic mass is 9.75. The van der Waals surface area contributed by atoms with Gasteiger partial charge >= 0.3 is 5.63 Å². The molecule has 1 spiro atoms. The Bertz CT molecular complexity index is 2100. The maximum Gasteiger partial charge on any atom is 0.336 e. The van der Waals surface area contributed by atoms with Crippen LogP contribution in [0.15, 0.2) is 93.2 Å². The Hall–Kier alpha value is -5.57. The minimum Gasteiger partial charge on any atom is -0.507 e. The number of hydrazone groups is 1. The second-order valence-electron chi connectivity index (χ2n) is 12.0. The molecule has 0 radical (unpaired) electrons. The molecular formula is C39H38N4O5. The molecule has 0 aliphatic carbocycles. The van der Waals surface area contributed by atoms with Crippen molar-refractivity contribution in [3.63, 3.8) is 0 Å². The number of phenolic OH excluding ortho intramolecular Hbond substituents is 1. The number of benzene rings is 4. The van der Waals surface area contributed by atoms with Crippen LogP contribution in [0.2, 0.25) is 0 Å². The van der Waals surface area contributed by atoms with Crippen molar-refractivity contribution in [2.45, 2.75) is 40.2 Å². The van der Waals surface area contributed by atoms with Crippen molar-refractivity contribution >= 4 is 34.5 Å². The third-order valence-corrected chi connectivity index (χ3v) is 9.68. The highest BCUT2D eigenvalue weighted by atomic mass is 16.5. The number of aryl methyl sites for hydroxylation is 1. The van der Waals surface area contributed by atoms with E-state index in [1.165, 1.54) is 23.4 Å². The van der Waals surface area contributed by atoms with Crippen molar-refractivity contribution in [2.24, 2.45) is 5.10 Å². The number of phenols is 1. The summed E-state index contributed by atoms with van der Waals surface area (Å²) in [5.74, 6) is 0.822. The Kier molecular flexibility index (Phi) is 7.70. The molecule has 1 N–H and O–H groups in total. The highest BCUT2D eigenvalue weighted by molar-refractivity contribution is 6.04. The van der Waals surface area contributed by atoms with E-state index in [0.29, 0.717) is 28.0 Å². The number of fused-ring (bicyclic) bond motifs is 7. The quantitative estimate of drug-likeness (QED) is 0.139. The summed E-state index contributed by atoms with van der Waals surface area (Å²) in [4.78, 5) is 31.4. The van der Waals surface area contributed by atoms with E-state index in [4.69, 9.17) is 14.3 Å². The van der Waals surface area contributed by atoms with Crippen LogP contribution in [0.25, 0.3) is 11.0 Å². The molecule has 0 atom stereocenters. The second-order valence-corrected chi connectivity index (χ2v) is 12.0. The third-order valence-electron chi connectivity index (χ3n) is 9.68. The first-order valence-electron chi connectivity index (χ1n) is 16.5. The van der Waals surface area contributed by atoms with E-state index in [9.17, 15) is 14.7 Å². The zero-order chi connectivity index (χ0) is 33.7. The number of hydrogen-bond donors (Lipinski definition) is 1. The molecule has 9 nitrogen and oxygen atoms in total. The molecule has 0 fully saturated rings. The lowest BCUT2D eigenvalue weighted by Gasteiger charge is -2.42. The normalized spacial score (nSPS) is 14.3. The molecule has 1 amide bonds. The van der Waals surface area contributed by atoms with Crippen LogP contribution in [-0.4, -0.2) is 48.4 Å². The summed E-state index contributed by atoms with van der Waals surface area (Å²) in [6, 6.07) is 24.5. The lowest BCUT2D eigenvalue weighted by molar-refractivity contribution is 0.0675. The Morgan fingerprint density at radius 2 is 1.40 bits per heavy atom. The summed E-state index contributed by atoms with van der Waals surface area (Å²) < 4.78 is 12.3. The smallest absolute Gasteiger partial charge is 0.336 e. The van der Waals surface area contributed by atoms with Crippen LogP contribution in [-0.2, 0) is 5.54 Å². The summed E-state index contributed by atoms with van der Waals surface area (Å²) in [5, 5.41) is 18.0. The zero-order valence-corrected chi connectivity index (χ0v) is 27.8. The maximum atomic E-state index is 14.5. The molecule has 9 heteroatoms. The van der Waals surface area contributed by atoms with E-state index in [1.54, 1.807) is 6.07 Å². The molecule has 3 heterocycles. The number of carbonyl (C=O) groups excluding carboxylic acids is 1. The van der Waals surface area contributed by atoms with E-state index in [1.807, 2.05) is 55.5 Å². The molecule has 2 aliphatic rings. The topological polar surface area (TPSA) is 98.8 Å². The average Bonchev–Trinajstić information content (AvgIpc) is 3.33. The van der Waals surface area contributed by atoms with Gasteiger partial charge in [0.05, 0.1) is 11.8 Å². The molecule has 244 valence electrons. The number of ether oxygens (including phenoxy) is 1. The van der Waals surface area contributed by atoms with Crippen molar-refractivity contribution in [1.29, 1.82) is 0 Å². The van der Waals surface area contributed by atoms with Gasteiger partial charge in [-0.25, -0.2) is 9.80 Å². The van der Waals surface area contributed by atoms with Gasteiger partial charge in [0.15, 0.2) is 5.58 Å². The van der Waals surface area contributed by atoms with Gasteiger partial charge in [-0.15, -0.1) is 0 Å². The first-order chi connectivity index (χ1) is 23.3. The predicted octanol–water partition coefficient (Wildman–Crippen LogP) is 7.39. The Balaban J connectivity index is 1.52. The van der Waals surface area contributed by atoms with Gasteiger partial charge in [0, 0.05) is 83.4 Å². The molecule has 0 saturated carbocycles. The Labute approximate surface area is 279 Å².